The third kappa shape index (κ3) is 4.95. The van der Waals surface area contributed by atoms with Crippen LogP contribution >= 0.6 is 7.82 Å². The highest BCUT2D eigenvalue weighted by atomic mass is 31.2. The maximum absolute atomic E-state index is 12.6. The van der Waals surface area contributed by atoms with Gasteiger partial charge in [-0.3, -0.25) is 14.1 Å². The van der Waals surface area contributed by atoms with E-state index in [-0.39, 0.29) is 11.1 Å². The van der Waals surface area contributed by atoms with Gasteiger partial charge in [0.05, 0.1) is 19.1 Å². The molecule has 32 heavy (non-hydrogen) atoms. The molecule has 0 radical (unpaired) electrons. The van der Waals surface area contributed by atoms with E-state index in [9.17, 15) is 29.2 Å². The Labute approximate surface area is 182 Å². The van der Waals surface area contributed by atoms with Crippen molar-refractivity contribution >= 4 is 37.4 Å². The molecule has 1 amide bonds. The number of aliphatic hydroxyl groups is 1. The topological polar surface area (TPSA) is 196 Å². The quantitative estimate of drug-likeness (QED) is 0.165. The van der Waals surface area contributed by atoms with Crippen LogP contribution < -0.4 is 15.6 Å². The van der Waals surface area contributed by atoms with Gasteiger partial charge in [-0.05, 0) is 24.8 Å². The lowest BCUT2D eigenvalue weighted by Crippen LogP contribution is -2.81. The number of ketones is 1. The van der Waals surface area contributed by atoms with Crippen LogP contribution in [0.2, 0.25) is 0 Å². The Morgan fingerprint density at radius 3 is 2.69 bits per heavy atom. The standard InChI is InChI=1S/C19H22N3O9P/c1-10-16(23)12(11(7-20-10)9-31-32(28,29)30)8-21-15(17(24)25)6-19(27)13-4-2-3-5-14(13)22-18(19)26/h2-5,7-8,10,12,15,20,27H,6,9H2,1H3,(H,22,26)(H,24,25)(H2,28,29,30)/p+1/t10?,12?,15-,19+/m0/s1. The molecule has 13 heteroatoms. The second-order valence-corrected chi connectivity index (χ2v) is 8.78. The Bertz CT molecular complexity index is 1050. The molecule has 0 saturated heterocycles. The Balaban J connectivity index is 1.85. The summed E-state index contributed by atoms with van der Waals surface area (Å²) in [5.41, 5.74) is -1.33. The molecule has 172 valence electrons. The van der Waals surface area contributed by atoms with Gasteiger partial charge in [0, 0.05) is 11.3 Å². The van der Waals surface area contributed by atoms with Crippen LogP contribution in [0.5, 0.6) is 0 Å². The van der Waals surface area contributed by atoms with Gasteiger partial charge < -0.3 is 30.6 Å². The van der Waals surface area contributed by atoms with Crippen molar-refractivity contribution in [1.82, 2.24) is 5.32 Å². The van der Waals surface area contributed by atoms with Gasteiger partial charge in [0.25, 0.3) is 11.9 Å². The smallest absolute Gasteiger partial charge is 0.469 e. The van der Waals surface area contributed by atoms with Crippen molar-refractivity contribution < 1.29 is 48.5 Å². The molecule has 1 aromatic rings. The third-order valence-corrected chi connectivity index (χ3v) is 5.77. The number of carboxylic acids is 1. The number of fused-ring (bicyclic) bond motifs is 1. The summed E-state index contributed by atoms with van der Waals surface area (Å²) in [6.07, 6.45) is 2.00. The molecule has 0 spiro atoms. The Morgan fingerprint density at radius 2 is 2.03 bits per heavy atom. The molecule has 0 aromatic heterocycles. The summed E-state index contributed by atoms with van der Waals surface area (Å²) in [6.45, 7) is 0.994. The highest BCUT2D eigenvalue weighted by Gasteiger charge is 2.49. The highest BCUT2D eigenvalue weighted by molar-refractivity contribution is 7.46. The first kappa shape index (κ1) is 23.8. The first-order chi connectivity index (χ1) is 14.9. The van der Waals surface area contributed by atoms with Crippen molar-refractivity contribution in [2.24, 2.45) is 5.92 Å². The fourth-order valence-corrected chi connectivity index (χ4v) is 3.88. The van der Waals surface area contributed by atoms with E-state index in [1.54, 1.807) is 25.1 Å². The van der Waals surface area contributed by atoms with Crippen LogP contribution in [0.4, 0.5) is 5.69 Å². The predicted octanol–water partition coefficient (Wildman–Crippen LogP) is -2.01. The summed E-state index contributed by atoms with van der Waals surface area (Å²) < 4.78 is 15.5. The number of carboxylic acid groups (broad SMARTS) is 1. The zero-order chi connectivity index (χ0) is 23.7. The Morgan fingerprint density at radius 1 is 1.34 bits per heavy atom. The van der Waals surface area contributed by atoms with Gasteiger partial charge in [-0.15, -0.1) is 0 Å². The maximum atomic E-state index is 12.6. The van der Waals surface area contributed by atoms with E-state index in [1.807, 2.05) is 0 Å². The van der Waals surface area contributed by atoms with Crippen LogP contribution in [0.3, 0.4) is 0 Å². The third-order valence-electron chi connectivity index (χ3n) is 5.31. The van der Waals surface area contributed by atoms with Gasteiger partial charge in [0.15, 0.2) is 17.6 Å². The summed E-state index contributed by atoms with van der Waals surface area (Å²) in [5, 5.41) is 25.8. The molecule has 7 N–H and O–H groups in total. The first-order valence-electron chi connectivity index (χ1n) is 9.56. The van der Waals surface area contributed by atoms with E-state index in [0.717, 1.165) is 6.21 Å². The molecule has 1 aromatic carbocycles. The number of phosphoric acid groups is 1. The fourth-order valence-electron chi connectivity index (χ4n) is 3.56. The molecule has 2 aliphatic heterocycles. The molecule has 12 nitrogen and oxygen atoms in total. The number of rotatable bonds is 8. The average molecular weight is 468 g/mol. The van der Waals surface area contributed by atoms with Gasteiger partial charge in [0.2, 0.25) is 0 Å². The largest absolute Gasteiger partial charge is 0.476 e. The van der Waals surface area contributed by atoms with Crippen molar-refractivity contribution in [3.05, 3.63) is 41.6 Å². The lowest BCUT2D eigenvalue weighted by Gasteiger charge is -2.24. The number of nitrogens with one attached hydrogen (secondary N) is 3. The fraction of sp³-hybridized carbons (Fsp3) is 0.368. The zero-order valence-electron chi connectivity index (χ0n) is 16.9. The number of hydrogen-bond donors (Lipinski definition) is 7. The average Bonchev–Trinajstić information content (AvgIpc) is 2.96. The van der Waals surface area contributed by atoms with E-state index < -0.39 is 62.1 Å². The number of benzene rings is 1. The SMILES string of the molecule is CC1NC=C(COP(=O)(O)O)C(C=[NH+][C@@H](C[C@]2(O)C(=O)Nc3ccccc32)C(=O)O)C1=O. The molecular weight excluding hydrogens is 445 g/mol. The normalized spacial score (nSPS) is 26.3. The molecule has 2 heterocycles. The first-order valence-corrected chi connectivity index (χ1v) is 11.1. The number of amides is 1. The lowest BCUT2D eigenvalue weighted by molar-refractivity contribution is -0.491. The minimum absolute atomic E-state index is 0.163. The minimum Gasteiger partial charge on any atom is -0.476 e. The van der Waals surface area contributed by atoms with Crippen LogP contribution in [0, 0.1) is 5.92 Å². The van der Waals surface area contributed by atoms with Crippen molar-refractivity contribution in [2.45, 2.75) is 31.0 Å². The maximum Gasteiger partial charge on any atom is 0.469 e. The number of anilines is 1. The second kappa shape index (κ2) is 8.93. The molecule has 0 fully saturated rings. The van der Waals surface area contributed by atoms with Gasteiger partial charge in [-0.25, -0.2) is 14.4 Å². The van der Waals surface area contributed by atoms with E-state index in [4.69, 9.17) is 9.79 Å². The minimum atomic E-state index is -4.80. The molecular formula is C19H23N3O9P+. The van der Waals surface area contributed by atoms with Crippen LogP contribution in [0.25, 0.3) is 0 Å². The summed E-state index contributed by atoms with van der Waals surface area (Å²) >= 11 is 0. The number of hydrogen-bond acceptors (Lipinski definition) is 7. The van der Waals surface area contributed by atoms with Gasteiger partial charge in [-0.2, -0.15) is 0 Å². The summed E-state index contributed by atoms with van der Waals surface area (Å²) in [7, 11) is -4.80. The Hall–Kier alpha value is -2.89. The lowest BCUT2D eigenvalue weighted by atomic mass is 9.88. The number of Topliss-reactive ketones (excluding diaryl/α,β-unsaturated/α-hetero) is 1. The van der Waals surface area contributed by atoms with Crippen LogP contribution in [0.1, 0.15) is 18.9 Å². The summed E-state index contributed by atoms with van der Waals surface area (Å²) in [5.74, 6) is -3.60. The van der Waals surface area contributed by atoms with Crippen molar-refractivity contribution in [3.8, 4) is 0 Å². The molecule has 0 saturated carbocycles. The highest BCUT2D eigenvalue weighted by Crippen LogP contribution is 2.39. The van der Waals surface area contributed by atoms with Gasteiger partial charge in [-0.1, -0.05) is 18.2 Å². The molecule has 2 aliphatic rings. The molecule has 4 atom stereocenters. The van der Waals surface area contributed by atoms with Crippen molar-refractivity contribution in [3.63, 3.8) is 0 Å². The van der Waals surface area contributed by atoms with E-state index >= 15 is 0 Å². The van der Waals surface area contributed by atoms with Crippen molar-refractivity contribution in [1.29, 1.82) is 0 Å². The van der Waals surface area contributed by atoms with Crippen molar-refractivity contribution in [2.75, 3.05) is 11.9 Å². The monoisotopic (exact) mass is 468 g/mol. The van der Waals surface area contributed by atoms with E-state index in [1.165, 1.54) is 12.3 Å². The Kier molecular flexibility index (Phi) is 6.63. The second-order valence-electron chi connectivity index (χ2n) is 7.54. The number of carbonyl (C=O) groups is 3. The molecule has 2 unspecified atom stereocenters. The van der Waals surface area contributed by atoms with Gasteiger partial charge >= 0.3 is 13.8 Å². The number of carbonyl (C=O) groups excluding carboxylic acids is 2. The zero-order valence-corrected chi connectivity index (χ0v) is 17.8. The van der Waals surface area contributed by atoms with Crippen LogP contribution in [0.15, 0.2) is 36.0 Å². The van der Waals surface area contributed by atoms with E-state index in [0.29, 0.717) is 5.69 Å². The van der Waals surface area contributed by atoms with Crippen LogP contribution in [-0.4, -0.2) is 62.6 Å². The number of phosphoric ester groups is 1. The van der Waals surface area contributed by atoms with Crippen LogP contribution in [-0.2, 0) is 29.1 Å². The summed E-state index contributed by atoms with van der Waals surface area (Å²) in [6, 6.07) is 4.24. The molecule has 0 bridgehead atoms. The van der Waals surface area contributed by atoms with E-state index in [2.05, 4.69) is 20.1 Å². The predicted molar refractivity (Wildman–Crippen MR) is 109 cm³/mol. The molecule has 3 rings (SSSR count). The number of aliphatic carboxylic acids is 1. The van der Waals surface area contributed by atoms with Gasteiger partial charge in [0.1, 0.15) is 5.92 Å². The summed E-state index contributed by atoms with van der Waals surface area (Å²) in [4.78, 5) is 57.2. The number of para-hydroxylation sites is 1. The molecule has 0 aliphatic carbocycles.